The maximum absolute atomic E-state index is 13.6. The lowest BCUT2D eigenvalue weighted by atomic mass is 10.1. The minimum Gasteiger partial charge on any atom is -0.465 e. The molecular formula is C13H16F2N2O2. The first-order valence-corrected chi connectivity index (χ1v) is 5.98. The van der Waals surface area contributed by atoms with E-state index in [1.54, 1.807) is 0 Å². The number of carbonyl (C=O) groups is 1. The third-order valence-electron chi connectivity index (χ3n) is 3.44. The fraction of sp³-hybridized carbons (Fsp3) is 0.462. The molecule has 0 bridgehead atoms. The Balaban J connectivity index is 2.17. The van der Waals surface area contributed by atoms with Crippen LogP contribution in [-0.4, -0.2) is 26.3 Å². The van der Waals surface area contributed by atoms with Gasteiger partial charge in [-0.1, -0.05) is 0 Å². The molecular weight excluding hydrogens is 254 g/mol. The molecule has 1 aromatic rings. The molecule has 1 aliphatic carbocycles. The number of alkyl halides is 1. The minimum atomic E-state index is -0.702. The average Bonchev–Trinajstić information content (AvgIpc) is 3.19. The molecule has 4 nitrogen and oxygen atoms in total. The second kappa shape index (κ2) is 5.03. The molecule has 0 amide bonds. The first-order chi connectivity index (χ1) is 9.01. The molecule has 1 saturated carbocycles. The Morgan fingerprint density at radius 1 is 1.53 bits per heavy atom. The number of hydrogen-bond acceptors (Lipinski definition) is 4. The van der Waals surface area contributed by atoms with Crippen LogP contribution in [0.1, 0.15) is 23.2 Å². The van der Waals surface area contributed by atoms with Crippen LogP contribution in [0.25, 0.3) is 0 Å². The molecule has 3 N–H and O–H groups in total. The Morgan fingerprint density at radius 2 is 2.21 bits per heavy atom. The molecule has 1 fully saturated rings. The van der Waals surface area contributed by atoms with Gasteiger partial charge in [-0.25, -0.2) is 9.18 Å². The van der Waals surface area contributed by atoms with Gasteiger partial charge in [-0.05, 0) is 25.0 Å². The van der Waals surface area contributed by atoms with Crippen molar-refractivity contribution < 1.29 is 18.3 Å². The Bertz CT molecular complexity index is 502. The fourth-order valence-corrected chi connectivity index (χ4v) is 1.82. The van der Waals surface area contributed by atoms with Gasteiger partial charge in [0.2, 0.25) is 0 Å². The van der Waals surface area contributed by atoms with Crippen molar-refractivity contribution in [3.63, 3.8) is 0 Å². The lowest BCUT2D eigenvalue weighted by molar-refractivity contribution is 0.0601. The van der Waals surface area contributed by atoms with E-state index in [0.717, 1.165) is 12.8 Å². The number of hydrogen-bond donors (Lipinski definition) is 2. The van der Waals surface area contributed by atoms with Gasteiger partial charge in [0.05, 0.1) is 25.0 Å². The summed E-state index contributed by atoms with van der Waals surface area (Å²) in [5.74, 6) is -1.40. The van der Waals surface area contributed by atoms with Crippen LogP contribution in [0.3, 0.4) is 0 Å². The lowest BCUT2D eigenvalue weighted by Gasteiger charge is -2.14. The molecule has 0 spiro atoms. The van der Waals surface area contributed by atoms with Crippen LogP contribution >= 0.6 is 0 Å². The van der Waals surface area contributed by atoms with Crippen molar-refractivity contribution in [3.05, 3.63) is 23.5 Å². The van der Waals surface area contributed by atoms with E-state index in [9.17, 15) is 13.6 Å². The lowest BCUT2D eigenvalue weighted by Crippen LogP contribution is -2.18. The third kappa shape index (κ3) is 2.77. The molecule has 0 saturated heterocycles. The van der Waals surface area contributed by atoms with Crippen LogP contribution in [0.4, 0.5) is 20.2 Å². The zero-order chi connectivity index (χ0) is 14.0. The molecule has 0 radical (unpaired) electrons. The second-order valence-electron chi connectivity index (χ2n) is 4.90. The zero-order valence-corrected chi connectivity index (χ0v) is 10.6. The first-order valence-electron chi connectivity index (χ1n) is 5.98. The number of benzene rings is 1. The SMILES string of the molecule is COC(=O)c1cc(NCC2(CF)CC2)cc(F)c1N. The van der Waals surface area contributed by atoms with Crippen molar-refractivity contribution in [3.8, 4) is 0 Å². The van der Waals surface area contributed by atoms with E-state index in [2.05, 4.69) is 10.1 Å². The van der Waals surface area contributed by atoms with E-state index < -0.39 is 18.5 Å². The van der Waals surface area contributed by atoms with Gasteiger partial charge in [-0.2, -0.15) is 0 Å². The summed E-state index contributed by atoms with van der Waals surface area (Å²) in [6.45, 7) is 0.00871. The molecule has 1 aromatic carbocycles. The third-order valence-corrected chi connectivity index (χ3v) is 3.44. The van der Waals surface area contributed by atoms with Gasteiger partial charge in [0.25, 0.3) is 0 Å². The highest BCUT2D eigenvalue weighted by molar-refractivity contribution is 5.96. The van der Waals surface area contributed by atoms with Gasteiger partial charge < -0.3 is 15.8 Å². The topological polar surface area (TPSA) is 64.3 Å². The van der Waals surface area contributed by atoms with Crippen LogP contribution in [0.2, 0.25) is 0 Å². The van der Waals surface area contributed by atoms with Crippen molar-refractivity contribution in [1.82, 2.24) is 0 Å². The highest BCUT2D eigenvalue weighted by Crippen LogP contribution is 2.46. The molecule has 19 heavy (non-hydrogen) atoms. The monoisotopic (exact) mass is 270 g/mol. The standard InChI is InChI=1S/C13H16F2N2O2/c1-19-12(18)9-4-8(5-10(15)11(9)16)17-7-13(6-14)2-3-13/h4-5,17H,2-3,6-7,16H2,1H3. The normalized spacial score (nSPS) is 15.9. The molecule has 0 heterocycles. The van der Waals surface area contributed by atoms with Gasteiger partial charge in [0.15, 0.2) is 0 Å². The van der Waals surface area contributed by atoms with Crippen molar-refractivity contribution >= 4 is 17.3 Å². The minimum absolute atomic E-state index is 0.0323. The number of methoxy groups -OCH3 is 1. The molecule has 0 atom stereocenters. The quantitative estimate of drug-likeness (QED) is 0.637. The van der Waals surface area contributed by atoms with Crippen molar-refractivity contribution in [2.75, 3.05) is 31.4 Å². The molecule has 6 heteroatoms. The first kappa shape index (κ1) is 13.6. The summed E-state index contributed by atoms with van der Waals surface area (Å²) >= 11 is 0. The van der Waals surface area contributed by atoms with E-state index in [-0.39, 0.29) is 16.7 Å². The van der Waals surface area contributed by atoms with E-state index in [1.807, 2.05) is 0 Å². The number of nitrogens with two attached hydrogens (primary N) is 1. The number of esters is 1. The maximum atomic E-state index is 13.6. The Labute approximate surface area is 109 Å². The Morgan fingerprint density at radius 3 is 2.74 bits per heavy atom. The smallest absolute Gasteiger partial charge is 0.340 e. The van der Waals surface area contributed by atoms with Crippen LogP contribution in [0.5, 0.6) is 0 Å². The predicted molar refractivity (Wildman–Crippen MR) is 68.3 cm³/mol. The van der Waals surface area contributed by atoms with E-state index in [1.165, 1.54) is 19.2 Å². The van der Waals surface area contributed by atoms with Gasteiger partial charge in [0, 0.05) is 17.6 Å². The zero-order valence-electron chi connectivity index (χ0n) is 10.6. The number of halogens is 2. The predicted octanol–water partition coefficient (Wildman–Crippen LogP) is 2.36. The van der Waals surface area contributed by atoms with Gasteiger partial charge in [0.1, 0.15) is 5.82 Å². The average molecular weight is 270 g/mol. The van der Waals surface area contributed by atoms with Crippen LogP contribution < -0.4 is 11.1 Å². The van der Waals surface area contributed by atoms with Gasteiger partial charge in [-0.3, -0.25) is 4.39 Å². The second-order valence-corrected chi connectivity index (χ2v) is 4.90. The summed E-state index contributed by atoms with van der Waals surface area (Å²) in [7, 11) is 1.20. The fourth-order valence-electron chi connectivity index (χ4n) is 1.82. The summed E-state index contributed by atoms with van der Waals surface area (Å²) in [6.07, 6.45) is 1.63. The van der Waals surface area contributed by atoms with Gasteiger partial charge in [-0.15, -0.1) is 0 Å². The molecule has 2 rings (SSSR count). The molecule has 0 aromatic heterocycles. The summed E-state index contributed by atoms with van der Waals surface area (Å²) in [6, 6.07) is 2.61. The molecule has 0 aliphatic heterocycles. The van der Waals surface area contributed by atoms with E-state index in [4.69, 9.17) is 5.73 Å². The molecule has 0 unspecified atom stereocenters. The van der Waals surface area contributed by atoms with Crippen molar-refractivity contribution in [2.24, 2.45) is 5.41 Å². The molecule has 1 aliphatic rings. The summed E-state index contributed by atoms with van der Waals surface area (Å²) in [4.78, 5) is 11.5. The summed E-state index contributed by atoms with van der Waals surface area (Å²) in [5, 5.41) is 2.94. The van der Waals surface area contributed by atoms with E-state index >= 15 is 0 Å². The number of carbonyl (C=O) groups excluding carboxylic acids is 1. The number of anilines is 2. The Kier molecular flexibility index (Phi) is 3.59. The number of nitrogens with one attached hydrogen (secondary N) is 1. The molecule has 104 valence electrons. The highest BCUT2D eigenvalue weighted by atomic mass is 19.1. The van der Waals surface area contributed by atoms with Crippen LogP contribution in [0.15, 0.2) is 12.1 Å². The summed E-state index contributed by atoms with van der Waals surface area (Å²) in [5.41, 5.74) is 5.27. The van der Waals surface area contributed by atoms with Crippen molar-refractivity contribution in [1.29, 1.82) is 0 Å². The highest BCUT2D eigenvalue weighted by Gasteiger charge is 2.42. The van der Waals surface area contributed by atoms with Crippen LogP contribution in [0, 0.1) is 11.2 Å². The number of ether oxygens (including phenoxy) is 1. The largest absolute Gasteiger partial charge is 0.465 e. The number of rotatable bonds is 5. The van der Waals surface area contributed by atoms with Crippen LogP contribution in [-0.2, 0) is 4.74 Å². The van der Waals surface area contributed by atoms with Crippen molar-refractivity contribution in [2.45, 2.75) is 12.8 Å². The maximum Gasteiger partial charge on any atom is 0.340 e. The van der Waals surface area contributed by atoms with Gasteiger partial charge >= 0.3 is 5.97 Å². The number of nitrogen functional groups attached to an aromatic ring is 1. The van der Waals surface area contributed by atoms with E-state index in [0.29, 0.717) is 12.2 Å². The Hall–Kier alpha value is -1.85. The summed E-state index contributed by atoms with van der Waals surface area (Å²) < 4.78 is 30.9.